The van der Waals surface area contributed by atoms with Gasteiger partial charge in [0.15, 0.2) is 5.78 Å². The van der Waals surface area contributed by atoms with Gasteiger partial charge >= 0.3 is 0 Å². The molecule has 9 nitrogen and oxygen atoms in total. The van der Waals surface area contributed by atoms with E-state index in [1.807, 2.05) is 91.1 Å². The van der Waals surface area contributed by atoms with Crippen LogP contribution in [0.5, 0.6) is 5.75 Å². The van der Waals surface area contributed by atoms with E-state index < -0.39 is 0 Å². The van der Waals surface area contributed by atoms with Crippen molar-refractivity contribution in [3.63, 3.8) is 0 Å². The van der Waals surface area contributed by atoms with Gasteiger partial charge < -0.3 is 10.1 Å². The number of ether oxygens (including phenoxy) is 1. The van der Waals surface area contributed by atoms with Gasteiger partial charge in [0.2, 0.25) is 11.8 Å². The number of unbranched alkanes of at least 4 members (excludes halogenated alkanes) is 3. The number of amides is 2. The zero-order valence-electron chi connectivity index (χ0n) is 26.9. The second-order valence-corrected chi connectivity index (χ2v) is 11.2. The topological polar surface area (TPSA) is 114 Å². The SMILES string of the molecule is COc1ccc(-c2nn(-c3ccccc3)cc2/C=C/C(=O)c2ccc(NC(=O)CCCCCCC(=O)NNc3ccccc3)cc2)cc1. The lowest BCUT2D eigenvalue weighted by molar-refractivity contribution is -0.120. The van der Waals surface area contributed by atoms with Crippen molar-refractivity contribution in [1.82, 2.24) is 15.2 Å². The predicted octanol–water partition coefficient (Wildman–Crippen LogP) is 7.87. The van der Waals surface area contributed by atoms with Gasteiger partial charge in [-0.1, -0.05) is 49.2 Å². The van der Waals surface area contributed by atoms with Gasteiger partial charge in [-0.2, -0.15) is 5.10 Å². The van der Waals surface area contributed by atoms with Gasteiger partial charge in [-0.05, 0) is 97.8 Å². The lowest BCUT2D eigenvalue weighted by atomic mass is 10.1. The van der Waals surface area contributed by atoms with Crippen molar-refractivity contribution in [2.24, 2.45) is 0 Å². The van der Waals surface area contributed by atoms with Crippen LogP contribution in [0, 0.1) is 0 Å². The maximum absolute atomic E-state index is 13.1. The normalized spacial score (nSPS) is 10.9. The van der Waals surface area contributed by atoms with E-state index in [1.54, 1.807) is 42.1 Å². The first-order chi connectivity index (χ1) is 23.5. The quantitative estimate of drug-likeness (QED) is 0.0437. The highest BCUT2D eigenvalue weighted by atomic mass is 16.5. The van der Waals surface area contributed by atoms with E-state index in [4.69, 9.17) is 9.84 Å². The maximum atomic E-state index is 13.1. The van der Waals surface area contributed by atoms with E-state index in [0.717, 1.165) is 59.6 Å². The number of carbonyl (C=O) groups is 3. The highest BCUT2D eigenvalue weighted by molar-refractivity contribution is 6.07. The Kier molecular flexibility index (Phi) is 11.9. The zero-order chi connectivity index (χ0) is 33.6. The molecule has 48 heavy (non-hydrogen) atoms. The Morgan fingerprint density at radius 3 is 2.04 bits per heavy atom. The number of hydrogen-bond acceptors (Lipinski definition) is 6. The molecule has 0 atom stereocenters. The van der Waals surface area contributed by atoms with Crippen molar-refractivity contribution in [3.05, 3.63) is 133 Å². The summed E-state index contributed by atoms with van der Waals surface area (Å²) < 4.78 is 7.10. The number of nitrogens with zero attached hydrogens (tertiary/aromatic N) is 2. The number of para-hydroxylation sites is 2. The van der Waals surface area contributed by atoms with Gasteiger partial charge in [0.25, 0.3) is 0 Å². The molecule has 0 bridgehead atoms. The lowest BCUT2D eigenvalue weighted by Gasteiger charge is -2.08. The van der Waals surface area contributed by atoms with Crippen LogP contribution in [0.1, 0.15) is 54.4 Å². The number of nitrogens with one attached hydrogen (secondary N) is 3. The fraction of sp³-hybridized carbons (Fsp3) is 0.179. The molecular formula is C39H39N5O4. The van der Waals surface area contributed by atoms with E-state index >= 15 is 0 Å². The molecule has 2 amide bonds. The van der Waals surface area contributed by atoms with E-state index in [9.17, 15) is 14.4 Å². The summed E-state index contributed by atoms with van der Waals surface area (Å²) in [7, 11) is 1.63. The number of carbonyl (C=O) groups excluding carboxylic acids is 3. The molecule has 3 N–H and O–H groups in total. The second-order valence-electron chi connectivity index (χ2n) is 11.2. The summed E-state index contributed by atoms with van der Waals surface area (Å²) in [5, 5.41) is 7.71. The van der Waals surface area contributed by atoms with Gasteiger partial charge in [0, 0.05) is 41.4 Å². The highest BCUT2D eigenvalue weighted by Gasteiger charge is 2.12. The van der Waals surface area contributed by atoms with Crippen molar-refractivity contribution in [3.8, 4) is 22.7 Å². The minimum Gasteiger partial charge on any atom is -0.497 e. The summed E-state index contributed by atoms with van der Waals surface area (Å²) in [6.45, 7) is 0. The summed E-state index contributed by atoms with van der Waals surface area (Å²) in [4.78, 5) is 37.5. The molecule has 4 aromatic carbocycles. The van der Waals surface area contributed by atoms with Crippen molar-refractivity contribution in [2.45, 2.75) is 38.5 Å². The molecule has 5 aromatic rings. The zero-order valence-corrected chi connectivity index (χ0v) is 26.9. The van der Waals surface area contributed by atoms with Gasteiger partial charge in [0.1, 0.15) is 5.75 Å². The van der Waals surface area contributed by atoms with Gasteiger partial charge in [-0.25, -0.2) is 4.68 Å². The first-order valence-electron chi connectivity index (χ1n) is 16.0. The van der Waals surface area contributed by atoms with E-state index in [2.05, 4.69) is 16.2 Å². The molecule has 0 saturated carbocycles. The van der Waals surface area contributed by atoms with Crippen LogP contribution < -0.4 is 20.9 Å². The molecular weight excluding hydrogens is 602 g/mol. The first kappa shape index (κ1) is 33.4. The molecule has 0 aliphatic heterocycles. The van der Waals surface area contributed by atoms with Gasteiger partial charge in [-0.15, -0.1) is 0 Å². The minimum atomic E-state index is -0.162. The van der Waals surface area contributed by atoms with E-state index in [-0.39, 0.29) is 17.6 Å². The van der Waals surface area contributed by atoms with Crippen LogP contribution in [-0.4, -0.2) is 34.5 Å². The van der Waals surface area contributed by atoms with E-state index in [1.165, 1.54) is 6.08 Å². The second kappa shape index (κ2) is 17.1. The smallest absolute Gasteiger partial charge is 0.238 e. The molecule has 0 fully saturated rings. The fourth-order valence-corrected chi connectivity index (χ4v) is 5.05. The average molecular weight is 642 g/mol. The van der Waals surface area contributed by atoms with Crippen molar-refractivity contribution in [2.75, 3.05) is 17.9 Å². The van der Waals surface area contributed by atoms with Crippen LogP contribution in [0.25, 0.3) is 23.0 Å². The number of benzene rings is 4. The summed E-state index contributed by atoms with van der Waals surface area (Å²) >= 11 is 0. The van der Waals surface area contributed by atoms with Gasteiger partial charge in [0.05, 0.1) is 24.2 Å². The first-order valence-corrected chi connectivity index (χ1v) is 16.0. The summed E-state index contributed by atoms with van der Waals surface area (Å²) in [6, 6.07) is 33.8. The number of hydrogen-bond donors (Lipinski definition) is 3. The summed E-state index contributed by atoms with van der Waals surface area (Å²) in [6.07, 6.45) is 9.24. The Morgan fingerprint density at radius 2 is 1.38 bits per heavy atom. The molecule has 1 aromatic heterocycles. The Hall–Kier alpha value is -5.96. The third-order valence-electron chi connectivity index (χ3n) is 7.67. The number of allylic oxidation sites excluding steroid dienone is 1. The number of anilines is 2. The Morgan fingerprint density at radius 1 is 0.729 bits per heavy atom. The molecule has 244 valence electrons. The van der Waals surface area contributed by atoms with Crippen LogP contribution in [0.4, 0.5) is 11.4 Å². The van der Waals surface area contributed by atoms with Crippen molar-refractivity contribution >= 4 is 35.0 Å². The van der Waals surface area contributed by atoms with E-state index in [0.29, 0.717) is 24.1 Å². The number of ketones is 1. The molecule has 0 unspecified atom stereocenters. The number of methoxy groups -OCH3 is 1. The summed E-state index contributed by atoms with van der Waals surface area (Å²) in [5.41, 5.74) is 10.9. The number of aromatic nitrogens is 2. The van der Waals surface area contributed by atoms with Crippen LogP contribution in [0.2, 0.25) is 0 Å². The van der Waals surface area contributed by atoms with Crippen LogP contribution in [-0.2, 0) is 9.59 Å². The molecule has 1 heterocycles. The van der Waals surface area contributed by atoms with Gasteiger partial charge in [-0.3, -0.25) is 25.2 Å². The van der Waals surface area contributed by atoms with Crippen LogP contribution in [0.3, 0.4) is 0 Å². The molecule has 0 aliphatic carbocycles. The Bertz CT molecular complexity index is 1820. The number of rotatable bonds is 16. The largest absolute Gasteiger partial charge is 0.497 e. The van der Waals surface area contributed by atoms with Crippen molar-refractivity contribution in [1.29, 1.82) is 0 Å². The Balaban J connectivity index is 1.08. The fourth-order valence-electron chi connectivity index (χ4n) is 5.05. The third kappa shape index (κ3) is 9.77. The third-order valence-corrected chi connectivity index (χ3v) is 7.67. The summed E-state index contributed by atoms with van der Waals surface area (Å²) in [5.74, 6) is 0.441. The molecule has 9 heteroatoms. The number of hydrazine groups is 1. The molecule has 0 spiro atoms. The van der Waals surface area contributed by atoms with Crippen molar-refractivity contribution < 1.29 is 19.1 Å². The predicted molar refractivity (Wildman–Crippen MR) is 190 cm³/mol. The molecule has 5 rings (SSSR count). The monoisotopic (exact) mass is 641 g/mol. The maximum Gasteiger partial charge on any atom is 0.238 e. The molecule has 0 aliphatic rings. The van der Waals surface area contributed by atoms with Crippen LogP contribution >= 0.6 is 0 Å². The lowest BCUT2D eigenvalue weighted by Crippen LogP contribution is -2.28. The average Bonchev–Trinajstić information content (AvgIpc) is 3.56. The molecule has 0 radical (unpaired) electrons. The standard InChI is InChI=1S/C39H39N5O4/c1-48-35-25-20-30(21-26-35)39-31(28-44(43-39)34-14-8-5-9-15-34)22-27-36(45)29-18-23-32(24-19-29)40-37(46)16-10-2-3-11-17-38(47)42-41-33-12-6-4-7-13-33/h4-9,12-15,18-28,41H,2-3,10-11,16-17H2,1H3,(H,40,46)(H,42,47)/b27-22+. The minimum absolute atomic E-state index is 0.0634. The highest BCUT2D eigenvalue weighted by Crippen LogP contribution is 2.27. The molecule has 0 saturated heterocycles. The Labute approximate surface area is 280 Å². The van der Waals surface area contributed by atoms with Crippen LogP contribution in [0.15, 0.2) is 121 Å².